The molecule has 2 N–H and O–H groups in total. The second-order valence-corrected chi connectivity index (χ2v) is 7.34. The Hall–Kier alpha value is -2.30. The Bertz CT molecular complexity index is 593. The molecular weight excluding hydrogens is 380 g/mol. The van der Waals surface area contributed by atoms with E-state index in [4.69, 9.17) is 9.47 Å². The van der Waals surface area contributed by atoms with E-state index in [0.717, 1.165) is 11.8 Å². The number of esters is 1. The van der Waals surface area contributed by atoms with Crippen molar-refractivity contribution in [2.75, 3.05) is 32.1 Å². The van der Waals surface area contributed by atoms with E-state index in [1.165, 1.54) is 0 Å². The van der Waals surface area contributed by atoms with Gasteiger partial charge in [-0.1, -0.05) is 25.6 Å². The van der Waals surface area contributed by atoms with E-state index < -0.39 is 34.7 Å². The zero-order valence-electron chi connectivity index (χ0n) is 15.5. The number of cyclic esters (lactones) is 2. The number of carbonyl (C=O) groups excluding carboxylic acids is 5. The highest BCUT2D eigenvalue weighted by molar-refractivity contribution is 8.15. The summed E-state index contributed by atoms with van der Waals surface area (Å²) in [7, 11) is 0. The maximum Gasteiger partial charge on any atom is 0.509 e. The monoisotopic (exact) mass is 404 g/mol. The van der Waals surface area contributed by atoms with Gasteiger partial charge < -0.3 is 24.8 Å². The average molecular weight is 404 g/mol. The van der Waals surface area contributed by atoms with Crippen molar-refractivity contribution in [2.45, 2.75) is 33.3 Å². The first-order valence-corrected chi connectivity index (χ1v) is 9.37. The van der Waals surface area contributed by atoms with E-state index in [1.54, 1.807) is 20.8 Å². The Morgan fingerprint density at radius 1 is 1.22 bits per heavy atom. The number of amides is 2. The van der Waals surface area contributed by atoms with E-state index in [9.17, 15) is 24.0 Å². The van der Waals surface area contributed by atoms with E-state index in [-0.39, 0.29) is 44.4 Å². The molecule has 0 aromatic heterocycles. The van der Waals surface area contributed by atoms with Crippen LogP contribution in [0.3, 0.4) is 0 Å². The number of hydrogen-bond acceptors (Lipinski definition) is 9. The highest BCUT2D eigenvalue weighted by atomic mass is 32.2. The van der Waals surface area contributed by atoms with Crippen LogP contribution >= 0.6 is 11.8 Å². The molecule has 1 heterocycles. The van der Waals surface area contributed by atoms with Gasteiger partial charge in [-0.15, -0.1) is 0 Å². The van der Waals surface area contributed by atoms with Crippen molar-refractivity contribution in [2.24, 2.45) is 5.41 Å². The van der Waals surface area contributed by atoms with Gasteiger partial charge in [0.1, 0.15) is 6.61 Å². The van der Waals surface area contributed by atoms with Crippen LogP contribution < -0.4 is 10.6 Å². The summed E-state index contributed by atoms with van der Waals surface area (Å²) >= 11 is 0.756. The smallest absolute Gasteiger partial charge is 0.460 e. The summed E-state index contributed by atoms with van der Waals surface area (Å²) < 4.78 is 14.2. The van der Waals surface area contributed by atoms with Crippen molar-refractivity contribution in [3.63, 3.8) is 0 Å². The molecule has 0 aliphatic carbocycles. The molecule has 10 nitrogen and oxygen atoms in total. The molecule has 1 aliphatic rings. The van der Waals surface area contributed by atoms with Gasteiger partial charge in [0.2, 0.25) is 5.91 Å². The molecule has 0 unspecified atom stereocenters. The molecule has 2 amide bonds. The number of carbonyl (C=O) groups is 5. The molecule has 0 bridgehead atoms. The van der Waals surface area contributed by atoms with Crippen molar-refractivity contribution in [1.82, 2.24) is 10.6 Å². The Balaban J connectivity index is 2.21. The van der Waals surface area contributed by atoms with E-state index >= 15 is 0 Å². The SMILES string of the molecule is CCOC(=O)C(=O)SCCNC(=O)CCNC(=O)[C@@H]1OC(=O)OCC1(C)C. The van der Waals surface area contributed by atoms with Crippen molar-refractivity contribution in [3.8, 4) is 0 Å². The summed E-state index contributed by atoms with van der Waals surface area (Å²) in [5.41, 5.74) is -0.678. The minimum absolute atomic E-state index is 0.0137. The van der Waals surface area contributed by atoms with Gasteiger partial charge >= 0.3 is 12.1 Å². The molecule has 1 saturated heterocycles. The Morgan fingerprint density at radius 3 is 2.59 bits per heavy atom. The lowest BCUT2D eigenvalue weighted by Crippen LogP contribution is -2.52. The molecule has 1 fully saturated rings. The Morgan fingerprint density at radius 2 is 1.93 bits per heavy atom. The fraction of sp³-hybridized carbons (Fsp3) is 0.688. The molecule has 0 radical (unpaired) electrons. The largest absolute Gasteiger partial charge is 0.509 e. The van der Waals surface area contributed by atoms with Crippen LogP contribution in [0.1, 0.15) is 27.2 Å². The molecule has 27 heavy (non-hydrogen) atoms. The van der Waals surface area contributed by atoms with Gasteiger partial charge in [0.15, 0.2) is 6.10 Å². The van der Waals surface area contributed by atoms with Crippen molar-refractivity contribution in [3.05, 3.63) is 0 Å². The van der Waals surface area contributed by atoms with Gasteiger partial charge in [0.25, 0.3) is 11.0 Å². The third-order valence-electron chi connectivity index (χ3n) is 3.47. The number of nitrogens with one attached hydrogen (secondary N) is 2. The topological polar surface area (TPSA) is 137 Å². The van der Waals surface area contributed by atoms with Crippen LogP contribution in [0.25, 0.3) is 0 Å². The van der Waals surface area contributed by atoms with Gasteiger partial charge in [-0.25, -0.2) is 9.59 Å². The van der Waals surface area contributed by atoms with Crippen LogP contribution in [-0.2, 0) is 33.4 Å². The molecule has 11 heteroatoms. The van der Waals surface area contributed by atoms with Crippen molar-refractivity contribution < 1.29 is 38.2 Å². The van der Waals surface area contributed by atoms with Gasteiger partial charge in [-0.2, -0.15) is 0 Å². The summed E-state index contributed by atoms with van der Waals surface area (Å²) in [5.74, 6) is -1.52. The zero-order chi connectivity index (χ0) is 20.4. The molecule has 0 aromatic carbocycles. The summed E-state index contributed by atoms with van der Waals surface area (Å²) in [6, 6.07) is 0. The predicted octanol–water partition coefficient (Wildman–Crippen LogP) is -0.00660. The maximum atomic E-state index is 12.1. The first-order valence-electron chi connectivity index (χ1n) is 8.39. The molecule has 1 aliphatic heterocycles. The molecule has 0 spiro atoms. The predicted molar refractivity (Wildman–Crippen MR) is 94.7 cm³/mol. The lowest BCUT2D eigenvalue weighted by atomic mass is 9.86. The lowest BCUT2D eigenvalue weighted by molar-refractivity contribution is -0.149. The average Bonchev–Trinajstić information content (AvgIpc) is 2.60. The third kappa shape index (κ3) is 7.85. The van der Waals surface area contributed by atoms with E-state index in [0.29, 0.717) is 0 Å². The maximum absolute atomic E-state index is 12.1. The second-order valence-electron chi connectivity index (χ2n) is 6.27. The van der Waals surface area contributed by atoms with Crippen LogP contribution in [0, 0.1) is 5.41 Å². The van der Waals surface area contributed by atoms with Crippen molar-refractivity contribution >= 4 is 40.8 Å². The third-order valence-corrected chi connectivity index (χ3v) is 4.31. The quantitative estimate of drug-likeness (QED) is 0.325. The molecule has 152 valence electrons. The Labute approximate surface area is 161 Å². The Kier molecular flexibility index (Phi) is 9.06. The lowest BCUT2D eigenvalue weighted by Gasteiger charge is -2.35. The van der Waals surface area contributed by atoms with Crippen LogP contribution in [0.2, 0.25) is 0 Å². The molecule has 0 saturated carbocycles. The van der Waals surface area contributed by atoms with Gasteiger partial charge in [-0.3, -0.25) is 14.4 Å². The minimum Gasteiger partial charge on any atom is -0.460 e. The fourth-order valence-electron chi connectivity index (χ4n) is 2.08. The van der Waals surface area contributed by atoms with Crippen LogP contribution in [0.15, 0.2) is 0 Å². The van der Waals surface area contributed by atoms with E-state index in [1.807, 2.05) is 0 Å². The number of hydrogen-bond donors (Lipinski definition) is 2. The zero-order valence-corrected chi connectivity index (χ0v) is 16.3. The van der Waals surface area contributed by atoms with E-state index in [2.05, 4.69) is 15.4 Å². The standard InChI is InChI=1S/C16H24N2O8S/c1-4-24-13(21)14(22)27-8-7-17-10(19)5-6-18-12(20)11-16(2,3)9-25-15(23)26-11/h11H,4-9H2,1-3H3,(H,17,19)(H,18,20)/t11-/m0/s1. The fourth-order valence-corrected chi connectivity index (χ4v) is 2.65. The minimum atomic E-state index is -0.993. The normalized spacial score (nSPS) is 17.9. The number of thioether (sulfide) groups is 1. The molecular formula is C16H24N2O8S. The highest BCUT2D eigenvalue weighted by Gasteiger charge is 2.43. The number of rotatable bonds is 8. The first-order chi connectivity index (χ1) is 12.7. The van der Waals surface area contributed by atoms with Gasteiger partial charge in [-0.05, 0) is 6.92 Å². The summed E-state index contributed by atoms with van der Waals surface area (Å²) in [4.78, 5) is 57.5. The van der Waals surface area contributed by atoms with Crippen LogP contribution in [0.5, 0.6) is 0 Å². The second kappa shape index (κ2) is 10.8. The van der Waals surface area contributed by atoms with Gasteiger partial charge in [0, 0.05) is 30.7 Å². The van der Waals surface area contributed by atoms with Crippen LogP contribution in [0.4, 0.5) is 4.79 Å². The molecule has 1 rings (SSSR count). The summed E-state index contributed by atoms with van der Waals surface area (Å²) in [5, 5.41) is 4.39. The summed E-state index contributed by atoms with van der Waals surface area (Å²) in [6.07, 6.45) is -1.88. The van der Waals surface area contributed by atoms with Crippen LogP contribution in [-0.4, -0.2) is 67.2 Å². The van der Waals surface area contributed by atoms with Crippen molar-refractivity contribution in [1.29, 1.82) is 0 Å². The summed E-state index contributed by atoms with van der Waals surface area (Å²) in [6.45, 7) is 5.49. The van der Waals surface area contributed by atoms with Gasteiger partial charge in [0.05, 0.1) is 6.61 Å². The first kappa shape index (κ1) is 22.7. The molecule has 1 atom stereocenters. The number of ether oxygens (including phenoxy) is 3. The highest BCUT2D eigenvalue weighted by Crippen LogP contribution is 2.28. The molecule has 0 aromatic rings.